The highest BCUT2D eigenvalue weighted by Crippen LogP contribution is 2.22. The lowest BCUT2D eigenvalue weighted by atomic mass is 9.99. The van der Waals surface area contributed by atoms with Gasteiger partial charge in [0, 0.05) is 18.4 Å². The standard InChI is InChI=1S/C23H29S/c1-2-3-4-5-8-19-10-12-20(13-11-19)21-14-16-22(17-15-21)23-9-6-7-18-24-23/h10-17H,2-9,18H2,1H3/q+1. The summed E-state index contributed by atoms with van der Waals surface area (Å²) >= 11 is 2.05. The number of rotatable bonds is 7. The summed E-state index contributed by atoms with van der Waals surface area (Å²) in [5, 5.41) is 0. The van der Waals surface area contributed by atoms with E-state index < -0.39 is 0 Å². The fourth-order valence-corrected chi connectivity index (χ4v) is 4.54. The van der Waals surface area contributed by atoms with Crippen molar-refractivity contribution in [3.05, 3.63) is 59.7 Å². The third-order valence-corrected chi connectivity index (χ3v) is 6.17. The molecule has 0 saturated heterocycles. The molecule has 1 aliphatic heterocycles. The molecule has 1 heterocycles. The molecule has 0 aliphatic carbocycles. The number of hydrogen-bond donors (Lipinski definition) is 0. The van der Waals surface area contributed by atoms with Crippen LogP contribution < -0.4 is 0 Å². The van der Waals surface area contributed by atoms with Gasteiger partial charge in [-0.3, -0.25) is 0 Å². The van der Waals surface area contributed by atoms with Crippen molar-refractivity contribution in [2.45, 2.75) is 58.3 Å². The van der Waals surface area contributed by atoms with E-state index in [1.54, 1.807) is 4.86 Å². The number of aryl methyl sites for hydroxylation is 1. The van der Waals surface area contributed by atoms with Gasteiger partial charge in [0.1, 0.15) is 0 Å². The number of hydrogen-bond acceptors (Lipinski definition) is 0. The Morgan fingerprint density at radius 2 is 1.42 bits per heavy atom. The van der Waals surface area contributed by atoms with Crippen LogP contribution in [0.4, 0.5) is 0 Å². The molecule has 0 radical (unpaired) electrons. The molecule has 1 heteroatoms. The summed E-state index contributed by atoms with van der Waals surface area (Å²) in [6, 6.07) is 18.4. The highest BCUT2D eigenvalue weighted by molar-refractivity contribution is 7.79. The lowest BCUT2D eigenvalue weighted by molar-refractivity contribution is 0.667. The molecule has 0 fully saturated rings. The van der Waals surface area contributed by atoms with Crippen molar-refractivity contribution < 1.29 is 0 Å². The highest BCUT2D eigenvalue weighted by Gasteiger charge is 2.17. The molecule has 2 aromatic rings. The Labute approximate surface area is 151 Å². The maximum absolute atomic E-state index is 2.31. The van der Waals surface area contributed by atoms with E-state index in [4.69, 9.17) is 0 Å². The molecule has 24 heavy (non-hydrogen) atoms. The second-order valence-corrected chi connectivity index (χ2v) is 8.00. The highest BCUT2D eigenvalue weighted by atomic mass is 32.1. The first kappa shape index (κ1) is 17.4. The molecule has 0 saturated carbocycles. The molecule has 3 rings (SSSR count). The number of benzene rings is 2. The molecule has 0 unspecified atom stereocenters. The minimum Gasteiger partial charge on any atom is -0.0654 e. The molecular weight excluding hydrogens is 308 g/mol. The van der Waals surface area contributed by atoms with Crippen molar-refractivity contribution in [3.8, 4) is 11.1 Å². The van der Waals surface area contributed by atoms with Gasteiger partial charge in [-0.05, 0) is 48.1 Å². The van der Waals surface area contributed by atoms with Gasteiger partial charge in [-0.15, -0.1) is 0 Å². The quantitative estimate of drug-likeness (QED) is 0.317. The molecule has 0 amide bonds. The second-order valence-electron chi connectivity index (χ2n) is 6.81. The summed E-state index contributed by atoms with van der Waals surface area (Å²) in [4.78, 5) is 1.58. The van der Waals surface area contributed by atoms with Crippen LogP contribution in [0, 0.1) is 0 Å². The van der Waals surface area contributed by atoms with Crippen LogP contribution in [0.15, 0.2) is 48.5 Å². The van der Waals surface area contributed by atoms with E-state index in [-0.39, 0.29) is 0 Å². The van der Waals surface area contributed by atoms with Crippen LogP contribution in [-0.2, 0) is 17.8 Å². The van der Waals surface area contributed by atoms with Crippen molar-refractivity contribution in [1.29, 1.82) is 0 Å². The average Bonchev–Trinajstić information content (AvgIpc) is 2.67. The van der Waals surface area contributed by atoms with Crippen LogP contribution in [0.1, 0.15) is 63.0 Å². The zero-order valence-corrected chi connectivity index (χ0v) is 15.7. The lowest BCUT2D eigenvalue weighted by Crippen LogP contribution is -2.09. The van der Waals surface area contributed by atoms with Crippen LogP contribution in [0.3, 0.4) is 0 Å². The maximum atomic E-state index is 2.31. The minimum atomic E-state index is 1.22. The molecular formula is C23H29S+. The Morgan fingerprint density at radius 3 is 2.04 bits per heavy atom. The van der Waals surface area contributed by atoms with E-state index in [0.717, 1.165) is 0 Å². The van der Waals surface area contributed by atoms with E-state index in [0.29, 0.717) is 0 Å². The summed E-state index contributed by atoms with van der Waals surface area (Å²) in [7, 11) is 0. The topological polar surface area (TPSA) is 0 Å². The fourth-order valence-electron chi connectivity index (χ4n) is 3.35. The number of unbranched alkanes of at least 4 members (excludes halogenated alkanes) is 3. The summed E-state index contributed by atoms with van der Waals surface area (Å²) < 4.78 is 0. The van der Waals surface area contributed by atoms with Gasteiger partial charge in [0.05, 0.1) is 0 Å². The fraction of sp³-hybridized carbons (Fsp3) is 0.435. The van der Waals surface area contributed by atoms with E-state index in [1.165, 1.54) is 79.4 Å². The van der Waals surface area contributed by atoms with Crippen LogP contribution >= 0.6 is 0 Å². The van der Waals surface area contributed by atoms with Crippen LogP contribution in [0.25, 0.3) is 11.1 Å². The third-order valence-electron chi connectivity index (χ3n) is 4.89. The molecule has 1 aliphatic rings. The summed E-state index contributed by atoms with van der Waals surface area (Å²) in [6.45, 7) is 2.27. The normalized spacial score (nSPS) is 14.5. The molecule has 0 spiro atoms. The van der Waals surface area contributed by atoms with Crippen LogP contribution in [0.5, 0.6) is 0 Å². The van der Waals surface area contributed by atoms with Crippen molar-refractivity contribution in [1.82, 2.24) is 0 Å². The van der Waals surface area contributed by atoms with E-state index in [9.17, 15) is 0 Å². The van der Waals surface area contributed by atoms with Crippen molar-refractivity contribution in [2.24, 2.45) is 0 Å². The van der Waals surface area contributed by atoms with Gasteiger partial charge in [-0.2, -0.15) is 0 Å². The molecule has 0 aromatic heterocycles. The Bertz CT molecular complexity index is 649. The van der Waals surface area contributed by atoms with E-state index in [1.807, 2.05) is 11.4 Å². The van der Waals surface area contributed by atoms with Crippen molar-refractivity contribution >= 4 is 16.2 Å². The van der Waals surface area contributed by atoms with Gasteiger partial charge in [0.2, 0.25) is 4.86 Å². The first-order chi connectivity index (χ1) is 11.9. The Kier molecular flexibility index (Phi) is 6.60. The molecule has 0 nitrogen and oxygen atoms in total. The predicted octanol–water partition coefficient (Wildman–Crippen LogP) is 6.26. The lowest BCUT2D eigenvalue weighted by Gasteiger charge is -2.07. The first-order valence-corrected chi connectivity index (χ1v) is 10.5. The molecule has 0 atom stereocenters. The average molecular weight is 338 g/mol. The minimum absolute atomic E-state index is 1.22. The maximum Gasteiger partial charge on any atom is 0.208 e. The van der Waals surface area contributed by atoms with E-state index >= 15 is 0 Å². The first-order valence-electron chi connectivity index (χ1n) is 9.55. The van der Waals surface area contributed by atoms with Gasteiger partial charge < -0.3 is 0 Å². The third kappa shape index (κ3) is 4.77. The molecule has 126 valence electrons. The monoisotopic (exact) mass is 337 g/mol. The molecule has 2 aromatic carbocycles. The van der Waals surface area contributed by atoms with Gasteiger partial charge in [-0.1, -0.05) is 62.6 Å². The van der Waals surface area contributed by atoms with Gasteiger partial charge in [-0.25, -0.2) is 0 Å². The summed E-state index contributed by atoms with van der Waals surface area (Å²) in [6.07, 6.45) is 10.6. The summed E-state index contributed by atoms with van der Waals surface area (Å²) in [5.41, 5.74) is 5.56. The van der Waals surface area contributed by atoms with Gasteiger partial charge in [0.25, 0.3) is 0 Å². The smallest absolute Gasteiger partial charge is 0.0654 e. The van der Waals surface area contributed by atoms with Gasteiger partial charge >= 0.3 is 0 Å². The summed E-state index contributed by atoms with van der Waals surface area (Å²) in [5.74, 6) is 1.29. The predicted molar refractivity (Wildman–Crippen MR) is 110 cm³/mol. The van der Waals surface area contributed by atoms with Crippen molar-refractivity contribution in [3.63, 3.8) is 0 Å². The zero-order valence-electron chi connectivity index (χ0n) is 14.9. The van der Waals surface area contributed by atoms with Crippen LogP contribution in [0.2, 0.25) is 0 Å². The molecule has 0 bridgehead atoms. The van der Waals surface area contributed by atoms with E-state index in [2.05, 4.69) is 55.5 Å². The zero-order chi connectivity index (χ0) is 16.6. The SMILES string of the molecule is CCCCCCc1ccc(-c2ccc(C3=[S+]CCCC3)cc2)cc1. The largest absolute Gasteiger partial charge is 0.208 e. The Hall–Kier alpha value is -1.47. The van der Waals surface area contributed by atoms with Crippen LogP contribution in [-0.4, -0.2) is 10.6 Å². The van der Waals surface area contributed by atoms with Crippen molar-refractivity contribution in [2.75, 3.05) is 5.75 Å². The second kappa shape index (κ2) is 9.13. The molecule has 0 N–H and O–H groups in total. The Balaban J connectivity index is 1.62. The Morgan fingerprint density at radius 1 is 0.750 bits per heavy atom. The van der Waals surface area contributed by atoms with Gasteiger partial charge in [0.15, 0.2) is 17.1 Å².